The number of aromatic nitrogens is 2. The number of rotatable bonds is 4. The first-order valence-electron chi connectivity index (χ1n) is 8.77. The molecule has 1 amide bonds. The molecule has 27 heavy (non-hydrogen) atoms. The maximum Gasteiger partial charge on any atom is 0.410 e. The van der Waals surface area contributed by atoms with Crippen molar-refractivity contribution in [1.82, 2.24) is 19.9 Å². The number of piperidine rings is 1. The van der Waals surface area contributed by atoms with Crippen LogP contribution in [-0.2, 0) is 11.3 Å². The predicted molar refractivity (Wildman–Crippen MR) is 93.0 cm³/mol. The van der Waals surface area contributed by atoms with E-state index in [4.69, 9.17) is 14.4 Å². The van der Waals surface area contributed by atoms with Crippen LogP contribution in [-0.4, -0.2) is 69.4 Å². The number of carbonyl (C=O) groups excluding carboxylic acids is 1. The van der Waals surface area contributed by atoms with Crippen LogP contribution >= 0.6 is 0 Å². The van der Waals surface area contributed by atoms with Gasteiger partial charge in [-0.25, -0.2) is 9.59 Å². The van der Waals surface area contributed by atoms with E-state index < -0.39 is 5.97 Å². The van der Waals surface area contributed by atoms with Gasteiger partial charge in [0.15, 0.2) is 0 Å². The number of ether oxygens (including phenoxy) is 1. The molecule has 1 aromatic carbocycles. The molecule has 0 radical (unpaired) electrons. The number of carboxylic acid groups (broad SMARTS) is 1. The number of likely N-dealkylation sites (N-methyl/N-ethyl adjacent to an activating group) is 1. The number of aromatic carboxylic acids is 1. The molecule has 0 aliphatic carbocycles. The van der Waals surface area contributed by atoms with Crippen molar-refractivity contribution < 1.29 is 24.0 Å². The van der Waals surface area contributed by atoms with Crippen molar-refractivity contribution in [3.63, 3.8) is 0 Å². The first-order chi connectivity index (χ1) is 12.9. The topological polar surface area (TPSA) is 109 Å². The molecule has 2 aliphatic rings. The lowest BCUT2D eigenvalue weighted by atomic mass is 9.91. The number of hydrogen-bond acceptors (Lipinski definition) is 7. The second-order valence-electron chi connectivity index (χ2n) is 7.08. The van der Waals surface area contributed by atoms with Gasteiger partial charge in [-0.3, -0.25) is 4.90 Å². The summed E-state index contributed by atoms with van der Waals surface area (Å²) in [6, 6.07) is 6.34. The maximum atomic E-state index is 11.6. The Balaban J connectivity index is 1.36. The molecule has 2 aromatic rings. The Morgan fingerprint density at radius 1 is 1.26 bits per heavy atom. The van der Waals surface area contributed by atoms with Crippen LogP contribution in [0.2, 0.25) is 0 Å². The van der Waals surface area contributed by atoms with Gasteiger partial charge in [0.1, 0.15) is 5.60 Å². The molecule has 0 saturated carbocycles. The van der Waals surface area contributed by atoms with Gasteiger partial charge in [-0.15, -0.1) is 0 Å². The standard InChI is InChI=1S/C18H20N4O5/c1-21-11-18(26-17(21)25)6-8-22(9-7-18)10-14-19-15(20-27-14)12-2-4-13(5-3-12)16(23)24/h2-5H,6-11H2,1H3,(H,23,24). The van der Waals surface area contributed by atoms with E-state index in [2.05, 4.69) is 15.0 Å². The SMILES string of the molecule is CN1CC2(CCN(Cc3nc(-c4ccc(C(=O)O)cc4)no3)CC2)OC1=O. The highest BCUT2D eigenvalue weighted by Gasteiger charge is 2.45. The minimum atomic E-state index is -0.975. The van der Waals surface area contributed by atoms with Gasteiger partial charge in [0.05, 0.1) is 18.7 Å². The minimum Gasteiger partial charge on any atom is -0.478 e. The van der Waals surface area contributed by atoms with Gasteiger partial charge in [-0.2, -0.15) is 4.98 Å². The molecule has 1 aromatic heterocycles. The van der Waals surface area contributed by atoms with Crippen molar-refractivity contribution in [2.45, 2.75) is 25.0 Å². The summed E-state index contributed by atoms with van der Waals surface area (Å²) in [5, 5.41) is 12.9. The fraction of sp³-hybridized carbons (Fsp3) is 0.444. The molecule has 0 atom stereocenters. The summed E-state index contributed by atoms with van der Waals surface area (Å²) in [6.07, 6.45) is 1.31. The molecule has 4 rings (SSSR count). The zero-order valence-electron chi connectivity index (χ0n) is 14.9. The number of amides is 1. The number of benzene rings is 1. The summed E-state index contributed by atoms with van der Waals surface area (Å²) in [6.45, 7) is 2.73. The molecule has 2 aliphatic heterocycles. The molecule has 9 nitrogen and oxygen atoms in total. The molecular formula is C18H20N4O5. The molecule has 0 bridgehead atoms. The number of carbonyl (C=O) groups is 2. The molecule has 3 heterocycles. The molecule has 2 saturated heterocycles. The third kappa shape index (κ3) is 3.50. The van der Waals surface area contributed by atoms with Crippen LogP contribution in [0.3, 0.4) is 0 Å². The first kappa shape index (κ1) is 17.5. The number of likely N-dealkylation sites (tertiary alicyclic amines) is 1. The number of hydrogen-bond donors (Lipinski definition) is 1. The van der Waals surface area contributed by atoms with Crippen molar-refractivity contribution in [1.29, 1.82) is 0 Å². The van der Waals surface area contributed by atoms with Gasteiger partial charge in [0.2, 0.25) is 11.7 Å². The monoisotopic (exact) mass is 372 g/mol. The van der Waals surface area contributed by atoms with Gasteiger partial charge in [0, 0.05) is 38.5 Å². The van der Waals surface area contributed by atoms with E-state index in [1.807, 2.05) is 0 Å². The molecule has 2 fully saturated rings. The van der Waals surface area contributed by atoms with Crippen LogP contribution in [0, 0.1) is 0 Å². The summed E-state index contributed by atoms with van der Waals surface area (Å²) < 4.78 is 10.9. The second kappa shape index (κ2) is 6.66. The van der Waals surface area contributed by atoms with Crippen LogP contribution in [0.1, 0.15) is 29.1 Å². The summed E-state index contributed by atoms with van der Waals surface area (Å²) in [5.41, 5.74) is 0.547. The lowest BCUT2D eigenvalue weighted by Gasteiger charge is -2.36. The fourth-order valence-corrected chi connectivity index (χ4v) is 3.56. The highest BCUT2D eigenvalue weighted by molar-refractivity contribution is 5.88. The summed E-state index contributed by atoms with van der Waals surface area (Å²) in [4.78, 5) is 30.8. The minimum absolute atomic E-state index is 0.211. The van der Waals surface area contributed by atoms with Crippen LogP contribution in [0.15, 0.2) is 28.8 Å². The van der Waals surface area contributed by atoms with Crippen molar-refractivity contribution >= 4 is 12.1 Å². The Kier molecular flexibility index (Phi) is 4.31. The molecule has 1 N–H and O–H groups in total. The Morgan fingerprint density at radius 3 is 2.56 bits per heavy atom. The first-order valence-corrected chi connectivity index (χ1v) is 8.77. The Morgan fingerprint density at radius 2 is 1.96 bits per heavy atom. The largest absolute Gasteiger partial charge is 0.478 e. The molecule has 142 valence electrons. The zero-order valence-corrected chi connectivity index (χ0v) is 14.9. The van der Waals surface area contributed by atoms with Gasteiger partial charge in [-0.05, 0) is 12.1 Å². The molecule has 0 unspecified atom stereocenters. The van der Waals surface area contributed by atoms with Crippen molar-refractivity contribution in [3.05, 3.63) is 35.7 Å². The highest BCUT2D eigenvalue weighted by Crippen LogP contribution is 2.33. The smallest absolute Gasteiger partial charge is 0.410 e. The van der Waals surface area contributed by atoms with E-state index >= 15 is 0 Å². The lowest BCUT2D eigenvalue weighted by Crippen LogP contribution is -2.46. The van der Waals surface area contributed by atoms with Gasteiger partial charge in [-0.1, -0.05) is 17.3 Å². The highest BCUT2D eigenvalue weighted by atomic mass is 16.6. The van der Waals surface area contributed by atoms with Gasteiger partial charge >= 0.3 is 12.1 Å². The van der Waals surface area contributed by atoms with Crippen molar-refractivity contribution in [3.8, 4) is 11.4 Å². The van der Waals surface area contributed by atoms with Crippen LogP contribution in [0.25, 0.3) is 11.4 Å². The second-order valence-corrected chi connectivity index (χ2v) is 7.08. The zero-order chi connectivity index (χ0) is 19.0. The van der Waals surface area contributed by atoms with Crippen LogP contribution in [0.4, 0.5) is 4.79 Å². The Hall–Kier alpha value is -2.94. The van der Waals surface area contributed by atoms with Crippen LogP contribution in [0.5, 0.6) is 0 Å². The van der Waals surface area contributed by atoms with E-state index in [1.165, 1.54) is 12.1 Å². The quantitative estimate of drug-likeness (QED) is 0.866. The van der Waals surface area contributed by atoms with Gasteiger partial charge in [0.25, 0.3) is 0 Å². The average Bonchev–Trinajstić information content (AvgIpc) is 3.22. The molecular weight excluding hydrogens is 352 g/mol. The van der Waals surface area contributed by atoms with Crippen molar-refractivity contribution in [2.24, 2.45) is 0 Å². The van der Waals surface area contributed by atoms with Crippen LogP contribution < -0.4 is 0 Å². The van der Waals surface area contributed by atoms with E-state index in [0.29, 0.717) is 30.4 Å². The van der Waals surface area contributed by atoms with Gasteiger partial charge < -0.3 is 19.3 Å². The lowest BCUT2D eigenvalue weighted by molar-refractivity contribution is -0.00329. The molecule has 9 heteroatoms. The predicted octanol–water partition coefficient (Wildman–Crippen LogP) is 1.85. The normalized spacial score (nSPS) is 19.4. The summed E-state index contributed by atoms with van der Waals surface area (Å²) in [7, 11) is 1.76. The average molecular weight is 372 g/mol. The Labute approximate surface area is 155 Å². The van der Waals surface area contributed by atoms with E-state index in [-0.39, 0.29) is 17.3 Å². The third-order valence-electron chi connectivity index (χ3n) is 5.13. The fourth-order valence-electron chi connectivity index (χ4n) is 3.56. The Bertz CT molecular complexity index is 855. The third-order valence-corrected chi connectivity index (χ3v) is 5.13. The number of carboxylic acids is 1. The van der Waals surface area contributed by atoms with E-state index in [9.17, 15) is 9.59 Å². The molecule has 1 spiro atoms. The summed E-state index contributed by atoms with van der Waals surface area (Å²) >= 11 is 0. The van der Waals surface area contributed by atoms with E-state index in [1.54, 1.807) is 24.1 Å². The van der Waals surface area contributed by atoms with E-state index in [0.717, 1.165) is 25.9 Å². The maximum absolute atomic E-state index is 11.6. The number of nitrogens with zero attached hydrogens (tertiary/aromatic N) is 4. The summed E-state index contributed by atoms with van der Waals surface area (Å²) in [5.74, 6) is -0.0390. The van der Waals surface area contributed by atoms with Crippen molar-refractivity contribution in [2.75, 3.05) is 26.7 Å².